The number of nitrogens with two attached hydrogens (primary N) is 1. The lowest BCUT2D eigenvalue weighted by atomic mass is 10.1. The van der Waals surface area contributed by atoms with E-state index in [1.54, 1.807) is 6.07 Å². The molecule has 0 radical (unpaired) electrons. The molecule has 1 aromatic carbocycles. The molecule has 2 amide bonds. The van der Waals surface area contributed by atoms with E-state index >= 15 is 0 Å². The van der Waals surface area contributed by atoms with E-state index in [4.69, 9.17) is 10.8 Å². The first-order chi connectivity index (χ1) is 7.63. The van der Waals surface area contributed by atoms with E-state index in [0.717, 1.165) is 5.56 Å². The number of primary amides is 1. The molecule has 0 aliphatic heterocycles. The monoisotopic (exact) mass is 218 g/mol. The molecular weight excluding hydrogens is 204 g/mol. The lowest BCUT2D eigenvalue weighted by Gasteiger charge is -2.05. The highest BCUT2D eigenvalue weighted by atomic mass is 16.2. The molecule has 0 heterocycles. The number of aliphatic hydroxyl groups is 1. The minimum absolute atomic E-state index is 0.0252. The van der Waals surface area contributed by atoms with E-state index in [2.05, 4.69) is 17.2 Å². The topological polar surface area (TPSA) is 75.3 Å². The summed E-state index contributed by atoms with van der Waals surface area (Å²) in [5.74, 6) is 5.66. The number of hydrogen-bond donors (Lipinski definition) is 3. The molecule has 0 saturated carbocycles. The van der Waals surface area contributed by atoms with Gasteiger partial charge in [-0.1, -0.05) is 17.9 Å². The quantitative estimate of drug-likeness (QED) is 0.653. The average molecular weight is 218 g/mol. The minimum atomic E-state index is -0.615. The van der Waals surface area contributed by atoms with Crippen molar-refractivity contribution in [2.75, 3.05) is 11.9 Å². The van der Waals surface area contributed by atoms with Crippen molar-refractivity contribution in [1.29, 1.82) is 0 Å². The smallest absolute Gasteiger partial charge is 0.316 e. The van der Waals surface area contributed by atoms with Crippen LogP contribution in [0.3, 0.4) is 0 Å². The maximum absolute atomic E-state index is 10.8. The van der Waals surface area contributed by atoms with Gasteiger partial charge in [-0.2, -0.15) is 0 Å². The van der Waals surface area contributed by atoms with E-state index in [-0.39, 0.29) is 6.61 Å². The average Bonchev–Trinajstić information content (AvgIpc) is 2.20. The van der Waals surface area contributed by atoms with Crippen LogP contribution in [0.25, 0.3) is 0 Å². The van der Waals surface area contributed by atoms with Gasteiger partial charge in [-0.3, -0.25) is 0 Å². The van der Waals surface area contributed by atoms with Crippen LogP contribution in [0.5, 0.6) is 0 Å². The van der Waals surface area contributed by atoms with Gasteiger partial charge in [-0.25, -0.2) is 4.79 Å². The Labute approximate surface area is 94.5 Å². The SMILES string of the molecule is Cc1ccc(C#CCCO)c(NC(N)=O)c1. The van der Waals surface area contributed by atoms with Crippen molar-refractivity contribution in [3.63, 3.8) is 0 Å². The predicted octanol–water partition coefficient (Wildman–Crippen LogP) is 1.22. The molecule has 0 aliphatic carbocycles. The molecule has 1 aromatic rings. The molecule has 0 fully saturated rings. The van der Waals surface area contributed by atoms with Crippen LogP contribution < -0.4 is 11.1 Å². The number of aryl methyl sites for hydroxylation is 1. The zero-order chi connectivity index (χ0) is 12.0. The van der Waals surface area contributed by atoms with Crippen LogP contribution in [0, 0.1) is 18.8 Å². The third kappa shape index (κ3) is 3.64. The summed E-state index contributed by atoms with van der Waals surface area (Å²) in [5, 5.41) is 11.1. The van der Waals surface area contributed by atoms with Crippen LogP contribution in [0.2, 0.25) is 0 Å². The summed E-state index contributed by atoms with van der Waals surface area (Å²) >= 11 is 0. The molecule has 0 bridgehead atoms. The Hall–Kier alpha value is -1.99. The van der Waals surface area contributed by atoms with Gasteiger partial charge in [0.25, 0.3) is 0 Å². The Morgan fingerprint density at radius 1 is 1.56 bits per heavy atom. The molecule has 4 nitrogen and oxygen atoms in total. The first kappa shape index (κ1) is 12.1. The third-order valence-electron chi connectivity index (χ3n) is 1.89. The van der Waals surface area contributed by atoms with Crippen molar-refractivity contribution in [3.05, 3.63) is 29.3 Å². The fourth-order valence-electron chi connectivity index (χ4n) is 1.22. The zero-order valence-electron chi connectivity index (χ0n) is 9.08. The van der Waals surface area contributed by atoms with Crippen LogP contribution in [-0.2, 0) is 0 Å². The molecule has 1 rings (SSSR count). The molecule has 84 valence electrons. The molecule has 4 heteroatoms. The predicted molar refractivity (Wildman–Crippen MR) is 63.0 cm³/mol. The van der Waals surface area contributed by atoms with E-state index < -0.39 is 6.03 Å². The molecular formula is C12H14N2O2. The van der Waals surface area contributed by atoms with Gasteiger partial charge in [0.1, 0.15) is 0 Å². The summed E-state index contributed by atoms with van der Waals surface area (Å²) in [5.41, 5.74) is 7.36. The Morgan fingerprint density at radius 2 is 2.31 bits per heavy atom. The second-order valence-electron chi connectivity index (χ2n) is 3.31. The number of carbonyl (C=O) groups excluding carboxylic acids is 1. The summed E-state index contributed by atoms with van der Waals surface area (Å²) in [7, 11) is 0. The molecule has 0 aromatic heterocycles. The van der Waals surface area contributed by atoms with Crippen LogP contribution in [-0.4, -0.2) is 17.7 Å². The van der Waals surface area contributed by atoms with Crippen LogP contribution in [0.4, 0.5) is 10.5 Å². The minimum Gasteiger partial charge on any atom is -0.395 e. The Morgan fingerprint density at radius 3 is 2.94 bits per heavy atom. The molecule has 0 atom stereocenters. The molecule has 0 saturated heterocycles. The number of anilines is 1. The van der Waals surface area contributed by atoms with Crippen LogP contribution in [0.1, 0.15) is 17.5 Å². The lowest BCUT2D eigenvalue weighted by Crippen LogP contribution is -2.20. The normalized spacial score (nSPS) is 9.12. The van der Waals surface area contributed by atoms with E-state index in [1.807, 2.05) is 19.1 Å². The number of hydrogen-bond acceptors (Lipinski definition) is 2. The summed E-state index contributed by atoms with van der Waals surface area (Å²) in [6, 6.07) is 4.89. The number of nitrogens with one attached hydrogen (secondary N) is 1. The molecule has 4 N–H and O–H groups in total. The maximum atomic E-state index is 10.8. The first-order valence-electron chi connectivity index (χ1n) is 4.90. The van der Waals surface area contributed by atoms with Crippen molar-refractivity contribution < 1.29 is 9.90 Å². The van der Waals surface area contributed by atoms with E-state index in [9.17, 15) is 4.79 Å². The van der Waals surface area contributed by atoms with Crippen molar-refractivity contribution in [3.8, 4) is 11.8 Å². The first-order valence-corrected chi connectivity index (χ1v) is 4.90. The highest BCUT2D eigenvalue weighted by molar-refractivity contribution is 5.89. The summed E-state index contributed by atoms with van der Waals surface area (Å²) < 4.78 is 0. The highest BCUT2D eigenvalue weighted by Crippen LogP contribution is 2.16. The molecule has 0 aliphatic rings. The number of urea groups is 1. The number of amides is 2. The Bertz CT molecular complexity index is 444. The standard InChI is InChI=1S/C12H14N2O2/c1-9-5-6-10(4-2-3-7-15)11(8-9)14-12(13)16/h5-6,8,15H,3,7H2,1H3,(H3,13,14,16). The largest absolute Gasteiger partial charge is 0.395 e. The van der Waals surface area contributed by atoms with Crippen molar-refractivity contribution in [2.45, 2.75) is 13.3 Å². The van der Waals surface area contributed by atoms with E-state index in [0.29, 0.717) is 17.7 Å². The van der Waals surface area contributed by atoms with Crippen LogP contribution in [0.15, 0.2) is 18.2 Å². The summed E-state index contributed by atoms with van der Waals surface area (Å²) in [4.78, 5) is 10.8. The highest BCUT2D eigenvalue weighted by Gasteiger charge is 2.02. The fourth-order valence-corrected chi connectivity index (χ4v) is 1.22. The van der Waals surface area contributed by atoms with Gasteiger partial charge in [0.2, 0.25) is 0 Å². The van der Waals surface area contributed by atoms with Crippen molar-refractivity contribution in [1.82, 2.24) is 0 Å². The van der Waals surface area contributed by atoms with Crippen molar-refractivity contribution in [2.24, 2.45) is 5.73 Å². The van der Waals surface area contributed by atoms with Gasteiger partial charge >= 0.3 is 6.03 Å². The number of aliphatic hydroxyl groups excluding tert-OH is 1. The molecule has 16 heavy (non-hydrogen) atoms. The van der Waals surface area contributed by atoms with Gasteiger partial charge in [-0.15, -0.1) is 0 Å². The third-order valence-corrected chi connectivity index (χ3v) is 1.89. The van der Waals surface area contributed by atoms with Gasteiger partial charge < -0.3 is 16.2 Å². The number of rotatable bonds is 2. The van der Waals surface area contributed by atoms with Gasteiger partial charge in [0, 0.05) is 12.0 Å². The molecule has 0 spiro atoms. The van der Waals surface area contributed by atoms with Gasteiger partial charge in [-0.05, 0) is 24.6 Å². The fraction of sp³-hybridized carbons (Fsp3) is 0.250. The van der Waals surface area contributed by atoms with E-state index in [1.165, 1.54) is 0 Å². The van der Waals surface area contributed by atoms with Gasteiger partial charge in [0.15, 0.2) is 0 Å². The Balaban J connectivity index is 2.99. The van der Waals surface area contributed by atoms with Crippen molar-refractivity contribution >= 4 is 11.7 Å². The molecule has 0 unspecified atom stereocenters. The Kier molecular flexibility index (Phi) is 4.37. The maximum Gasteiger partial charge on any atom is 0.316 e. The lowest BCUT2D eigenvalue weighted by molar-refractivity contribution is 0.259. The van der Waals surface area contributed by atoms with Gasteiger partial charge in [0.05, 0.1) is 12.3 Å². The number of carbonyl (C=O) groups is 1. The summed E-state index contributed by atoms with van der Waals surface area (Å²) in [6.07, 6.45) is 0.407. The second kappa shape index (κ2) is 5.79. The summed E-state index contributed by atoms with van der Waals surface area (Å²) in [6.45, 7) is 1.94. The van der Waals surface area contributed by atoms with Crippen LogP contribution >= 0.6 is 0 Å². The number of benzene rings is 1. The zero-order valence-corrected chi connectivity index (χ0v) is 9.08. The second-order valence-corrected chi connectivity index (χ2v) is 3.31.